The number of aliphatic hydroxyl groups excluding tert-OH is 1. The summed E-state index contributed by atoms with van der Waals surface area (Å²) in [6.45, 7) is 4.81. The van der Waals surface area contributed by atoms with Gasteiger partial charge in [0.2, 0.25) is 5.88 Å². The first-order valence-corrected chi connectivity index (χ1v) is 11.6. The zero-order valence-corrected chi connectivity index (χ0v) is 20.9. The van der Waals surface area contributed by atoms with E-state index in [9.17, 15) is 14.7 Å². The van der Waals surface area contributed by atoms with Crippen molar-refractivity contribution in [1.82, 2.24) is 24.7 Å². The molecule has 0 bridgehead atoms. The minimum atomic E-state index is -0.431. The summed E-state index contributed by atoms with van der Waals surface area (Å²) in [7, 11) is 5.56. The van der Waals surface area contributed by atoms with Crippen LogP contribution in [0.4, 0.5) is 0 Å². The number of carbonyl (C=O) groups is 2. The van der Waals surface area contributed by atoms with Crippen molar-refractivity contribution in [3.8, 4) is 17.7 Å². The van der Waals surface area contributed by atoms with E-state index in [-0.39, 0.29) is 36.8 Å². The highest BCUT2D eigenvalue weighted by Crippen LogP contribution is 2.27. The minimum Gasteiger partial charge on any atom is -0.472 e. The maximum Gasteiger partial charge on any atom is 0.259 e. The molecule has 0 radical (unpaired) electrons. The smallest absolute Gasteiger partial charge is 0.259 e. The minimum absolute atomic E-state index is 0.133. The highest BCUT2D eigenvalue weighted by Gasteiger charge is 2.34. The van der Waals surface area contributed by atoms with Gasteiger partial charge in [0.25, 0.3) is 11.8 Å². The highest BCUT2D eigenvalue weighted by molar-refractivity contribution is 5.97. The van der Waals surface area contributed by atoms with Crippen LogP contribution in [0, 0.1) is 17.8 Å². The summed E-state index contributed by atoms with van der Waals surface area (Å²) in [5.41, 5.74) is 1.38. The number of hydrogen-bond donors (Lipinski definition) is 1. The van der Waals surface area contributed by atoms with Crippen LogP contribution in [0.15, 0.2) is 36.8 Å². The van der Waals surface area contributed by atoms with E-state index >= 15 is 0 Å². The van der Waals surface area contributed by atoms with Crippen molar-refractivity contribution in [3.05, 3.63) is 53.5 Å². The van der Waals surface area contributed by atoms with Crippen LogP contribution in [-0.4, -0.2) is 101 Å². The molecule has 3 atom stereocenters. The van der Waals surface area contributed by atoms with E-state index in [4.69, 9.17) is 4.74 Å². The van der Waals surface area contributed by atoms with Crippen molar-refractivity contribution in [1.29, 1.82) is 0 Å². The molecule has 0 aromatic carbocycles. The molecule has 2 aromatic heterocycles. The Morgan fingerprint density at radius 3 is 2.77 bits per heavy atom. The molecular weight excluding hydrogens is 446 g/mol. The van der Waals surface area contributed by atoms with E-state index in [1.54, 1.807) is 54.4 Å². The molecule has 0 fully saturated rings. The van der Waals surface area contributed by atoms with Crippen molar-refractivity contribution in [2.45, 2.75) is 26.0 Å². The van der Waals surface area contributed by atoms with Crippen LogP contribution in [0.5, 0.6) is 5.88 Å². The second kappa shape index (κ2) is 11.8. The lowest BCUT2D eigenvalue weighted by molar-refractivity contribution is 0.0313. The van der Waals surface area contributed by atoms with E-state index in [2.05, 4.69) is 21.8 Å². The molecule has 9 heteroatoms. The molecule has 0 aliphatic carbocycles. The summed E-state index contributed by atoms with van der Waals surface area (Å²) in [5.74, 6) is 5.71. The van der Waals surface area contributed by atoms with Crippen molar-refractivity contribution in [2.24, 2.45) is 5.92 Å². The van der Waals surface area contributed by atoms with Crippen molar-refractivity contribution < 1.29 is 19.4 Å². The third-order valence-electron chi connectivity index (χ3n) is 5.86. The number of amides is 2. The standard InChI is InChI=1S/C26H33N5O4/c1-18-15-31(19(2)17-32)26(34)22-12-20(8-7-11-29(3)4)13-28-24(22)35-23(18)16-30(5)25(33)21-9-6-10-27-14-21/h6,9-10,12-14,18-19,23,32H,11,15-17H2,1-5H3/t18-,19+,23-/m1/s1. The SMILES string of the molecule is C[C@@H]1CN([C@@H](C)CO)C(=O)c2cc(C#CCN(C)C)cnc2O[C@@H]1CN(C)C(=O)c1cccnc1. The number of likely N-dealkylation sites (N-methyl/N-ethyl adjacent to an activating group) is 1. The average molecular weight is 480 g/mol. The van der Waals surface area contributed by atoms with Gasteiger partial charge in [-0.25, -0.2) is 4.98 Å². The Labute approximate surface area is 206 Å². The number of carbonyl (C=O) groups excluding carboxylic acids is 2. The Balaban J connectivity index is 1.93. The fraction of sp³-hybridized carbons (Fsp3) is 0.462. The molecule has 1 N–H and O–H groups in total. The van der Waals surface area contributed by atoms with Crippen LogP contribution in [0.1, 0.15) is 40.1 Å². The predicted octanol–water partition coefficient (Wildman–Crippen LogP) is 1.38. The van der Waals surface area contributed by atoms with Gasteiger partial charge in [0.05, 0.1) is 31.3 Å². The topological polar surface area (TPSA) is 99.1 Å². The van der Waals surface area contributed by atoms with Crippen LogP contribution >= 0.6 is 0 Å². The normalized spacial score (nSPS) is 18.5. The van der Waals surface area contributed by atoms with Crippen LogP contribution in [0.25, 0.3) is 0 Å². The number of rotatable bonds is 6. The third kappa shape index (κ3) is 6.56. The summed E-state index contributed by atoms with van der Waals surface area (Å²) >= 11 is 0. The fourth-order valence-electron chi connectivity index (χ4n) is 3.75. The second-order valence-electron chi connectivity index (χ2n) is 9.17. The lowest BCUT2D eigenvalue weighted by Gasteiger charge is -2.37. The number of aromatic nitrogens is 2. The van der Waals surface area contributed by atoms with Crippen LogP contribution in [-0.2, 0) is 0 Å². The van der Waals surface area contributed by atoms with Gasteiger partial charge in [-0.15, -0.1) is 0 Å². The van der Waals surface area contributed by atoms with Crippen LogP contribution in [0.3, 0.4) is 0 Å². The van der Waals surface area contributed by atoms with Gasteiger partial charge < -0.3 is 19.6 Å². The molecule has 0 saturated heterocycles. The summed E-state index contributed by atoms with van der Waals surface area (Å²) in [5, 5.41) is 9.81. The monoisotopic (exact) mass is 479 g/mol. The Bertz CT molecular complexity index is 1100. The molecule has 2 aromatic rings. The first-order valence-electron chi connectivity index (χ1n) is 11.6. The van der Waals surface area contributed by atoms with Crippen molar-refractivity contribution in [3.63, 3.8) is 0 Å². The van der Waals surface area contributed by atoms with Gasteiger partial charge in [-0.1, -0.05) is 18.8 Å². The molecule has 9 nitrogen and oxygen atoms in total. The second-order valence-corrected chi connectivity index (χ2v) is 9.17. The van der Waals surface area contributed by atoms with Crippen LogP contribution < -0.4 is 4.74 Å². The maximum absolute atomic E-state index is 13.5. The highest BCUT2D eigenvalue weighted by atomic mass is 16.5. The Hall–Kier alpha value is -3.48. The van der Waals surface area contributed by atoms with Crippen molar-refractivity contribution >= 4 is 11.8 Å². The van der Waals surface area contributed by atoms with E-state index in [1.807, 2.05) is 25.9 Å². The molecule has 2 amide bonds. The molecule has 0 saturated carbocycles. The number of hydrogen-bond acceptors (Lipinski definition) is 7. The molecule has 0 spiro atoms. The molecule has 186 valence electrons. The van der Waals surface area contributed by atoms with Gasteiger partial charge in [0, 0.05) is 43.7 Å². The molecule has 3 rings (SSSR count). The molecule has 1 aliphatic rings. The number of ether oxygens (including phenoxy) is 1. The molecule has 0 unspecified atom stereocenters. The Morgan fingerprint density at radius 1 is 1.34 bits per heavy atom. The van der Waals surface area contributed by atoms with Gasteiger partial charge in [-0.3, -0.25) is 19.5 Å². The Morgan fingerprint density at radius 2 is 2.11 bits per heavy atom. The lowest BCUT2D eigenvalue weighted by atomic mass is 9.99. The first-order chi connectivity index (χ1) is 16.7. The molecule has 35 heavy (non-hydrogen) atoms. The summed E-state index contributed by atoms with van der Waals surface area (Å²) in [4.78, 5) is 40.0. The van der Waals surface area contributed by atoms with E-state index in [1.165, 1.54) is 6.20 Å². The van der Waals surface area contributed by atoms with E-state index < -0.39 is 12.1 Å². The summed E-state index contributed by atoms with van der Waals surface area (Å²) < 4.78 is 6.25. The maximum atomic E-state index is 13.5. The zero-order chi connectivity index (χ0) is 25.5. The number of aliphatic hydroxyl groups is 1. The molecule has 1 aliphatic heterocycles. The number of fused-ring (bicyclic) bond motifs is 1. The largest absolute Gasteiger partial charge is 0.472 e. The van der Waals surface area contributed by atoms with Gasteiger partial charge in [0.1, 0.15) is 11.7 Å². The van der Waals surface area contributed by atoms with E-state index in [0.717, 1.165) is 0 Å². The number of nitrogens with zero attached hydrogens (tertiary/aromatic N) is 5. The Kier molecular flexibility index (Phi) is 8.79. The zero-order valence-electron chi connectivity index (χ0n) is 20.9. The van der Waals surface area contributed by atoms with Crippen LogP contribution in [0.2, 0.25) is 0 Å². The first kappa shape index (κ1) is 26.1. The van der Waals surface area contributed by atoms with Crippen molar-refractivity contribution in [2.75, 3.05) is 47.4 Å². The third-order valence-corrected chi connectivity index (χ3v) is 5.86. The van der Waals surface area contributed by atoms with Gasteiger partial charge in [-0.2, -0.15) is 0 Å². The average Bonchev–Trinajstić information content (AvgIpc) is 2.85. The number of pyridine rings is 2. The quantitative estimate of drug-likeness (QED) is 0.625. The molecular formula is C26H33N5O4. The van der Waals surface area contributed by atoms with Gasteiger partial charge in [0.15, 0.2) is 0 Å². The predicted molar refractivity (Wildman–Crippen MR) is 132 cm³/mol. The lowest BCUT2D eigenvalue weighted by Crippen LogP contribution is -2.50. The van der Waals surface area contributed by atoms with E-state index in [0.29, 0.717) is 29.8 Å². The van der Waals surface area contributed by atoms with Gasteiger partial charge in [-0.05, 0) is 39.2 Å². The fourth-order valence-corrected chi connectivity index (χ4v) is 3.75. The van der Waals surface area contributed by atoms with Gasteiger partial charge >= 0.3 is 0 Å². The summed E-state index contributed by atoms with van der Waals surface area (Å²) in [6, 6.07) is 4.72. The molecule has 3 heterocycles. The summed E-state index contributed by atoms with van der Waals surface area (Å²) in [6.07, 6.45) is 4.30.